The molecule has 0 unspecified atom stereocenters. The van der Waals surface area contributed by atoms with Gasteiger partial charge in [-0.25, -0.2) is 0 Å². The van der Waals surface area contributed by atoms with Gasteiger partial charge in [0.05, 0.1) is 0 Å². The number of nitrogens with two attached hydrogens (primary N) is 1. The largest absolute Gasteiger partial charge is 0.330 e. The first-order valence-electron chi connectivity index (χ1n) is 5.95. The van der Waals surface area contributed by atoms with E-state index in [4.69, 9.17) is 5.73 Å². The Kier molecular flexibility index (Phi) is 4.34. The normalized spacial score (nSPS) is 11.7. The van der Waals surface area contributed by atoms with Crippen LogP contribution in [0.4, 0.5) is 0 Å². The standard InChI is InChI=1S/C14H23N/c1-4-14(5-2,10-11-15)13-8-6-12(3)7-9-13/h6-9H,4-5,10-11,15H2,1-3H3. The molecule has 0 aliphatic carbocycles. The second-order valence-electron chi connectivity index (χ2n) is 4.39. The Bertz CT molecular complexity index is 283. The van der Waals surface area contributed by atoms with Gasteiger partial charge in [-0.05, 0) is 43.7 Å². The summed E-state index contributed by atoms with van der Waals surface area (Å²) in [4.78, 5) is 0. The van der Waals surface area contributed by atoms with Crippen molar-refractivity contribution in [1.29, 1.82) is 0 Å². The van der Waals surface area contributed by atoms with Crippen molar-refractivity contribution < 1.29 is 0 Å². The van der Waals surface area contributed by atoms with Crippen molar-refractivity contribution in [2.45, 2.75) is 45.4 Å². The third-order valence-electron chi connectivity index (χ3n) is 3.64. The Morgan fingerprint density at radius 2 is 1.60 bits per heavy atom. The monoisotopic (exact) mass is 205 g/mol. The molecule has 1 aromatic rings. The fourth-order valence-electron chi connectivity index (χ4n) is 2.34. The fraction of sp³-hybridized carbons (Fsp3) is 0.571. The predicted octanol–water partition coefficient (Wildman–Crippen LogP) is 3.40. The summed E-state index contributed by atoms with van der Waals surface area (Å²) in [5.41, 5.74) is 8.80. The lowest BCUT2D eigenvalue weighted by atomic mass is 9.73. The molecular formula is C14H23N. The maximum Gasteiger partial charge on any atom is -0.00402 e. The number of rotatable bonds is 5. The Hall–Kier alpha value is -0.820. The first-order chi connectivity index (χ1) is 7.18. The summed E-state index contributed by atoms with van der Waals surface area (Å²) >= 11 is 0. The molecule has 84 valence electrons. The quantitative estimate of drug-likeness (QED) is 0.783. The molecule has 0 heterocycles. The van der Waals surface area contributed by atoms with E-state index in [1.807, 2.05) is 0 Å². The van der Waals surface area contributed by atoms with Crippen molar-refractivity contribution >= 4 is 0 Å². The van der Waals surface area contributed by atoms with Gasteiger partial charge in [0.25, 0.3) is 0 Å². The molecule has 1 aromatic carbocycles. The maximum atomic E-state index is 5.73. The van der Waals surface area contributed by atoms with Gasteiger partial charge in [0.2, 0.25) is 0 Å². The van der Waals surface area contributed by atoms with Crippen LogP contribution < -0.4 is 5.73 Å². The van der Waals surface area contributed by atoms with Crippen LogP contribution in [0.2, 0.25) is 0 Å². The van der Waals surface area contributed by atoms with Gasteiger partial charge in [0, 0.05) is 0 Å². The molecule has 0 spiro atoms. The van der Waals surface area contributed by atoms with Crippen LogP contribution >= 0.6 is 0 Å². The summed E-state index contributed by atoms with van der Waals surface area (Å²) in [5, 5.41) is 0. The SMILES string of the molecule is CCC(CC)(CCN)c1ccc(C)cc1. The Labute approximate surface area is 93.7 Å². The zero-order chi connectivity index (χ0) is 11.3. The first kappa shape index (κ1) is 12.3. The van der Waals surface area contributed by atoms with Crippen LogP contribution in [0.15, 0.2) is 24.3 Å². The van der Waals surface area contributed by atoms with Gasteiger partial charge in [0.1, 0.15) is 0 Å². The van der Waals surface area contributed by atoms with Crippen LogP contribution in [0.25, 0.3) is 0 Å². The van der Waals surface area contributed by atoms with E-state index in [1.165, 1.54) is 24.0 Å². The van der Waals surface area contributed by atoms with Gasteiger partial charge < -0.3 is 5.73 Å². The second-order valence-corrected chi connectivity index (χ2v) is 4.39. The lowest BCUT2D eigenvalue weighted by Crippen LogP contribution is -2.27. The molecule has 1 heteroatoms. The molecule has 0 atom stereocenters. The molecule has 0 fully saturated rings. The van der Waals surface area contributed by atoms with Gasteiger partial charge >= 0.3 is 0 Å². The van der Waals surface area contributed by atoms with Crippen LogP contribution in [0, 0.1) is 6.92 Å². The number of hydrogen-bond donors (Lipinski definition) is 1. The third kappa shape index (κ3) is 2.60. The van der Waals surface area contributed by atoms with Crippen LogP contribution in [-0.4, -0.2) is 6.54 Å². The van der Waals surface area contributed by atoms with Crippen molar-refractivity contribution in [1.82, 2.24) is 0 Å². The molecule has 0 amide bonds. The van der Waals surface area contributed by atoms with Gasteiger partial charge in [0.15, 0.2) is 0 Å². The summed E-state index contributed by atoms with van der Waals surface area (Å²) < 4.78 is 0. The summed E-state index contributed by atoms with van der Waals surface area (Å²) in [6.45, 7) is 7.43. The molecule has 0 aromatic heterocycles. The van der Waals surface area contributed by atoms with Crippen molar-refractivity contribution in [3.8, 4) is 0 Å². The molecule has 1 rings (SSSR count). The van der Waals surface area contributed by atoms with Crippen molar-refractivity contribution in [2.24, 2.45) is 5.73 Å². The average molecular weight is 205 g/mol. The fourth-order valence-corrected chi connectivity index (χ4v) is 2.34. The van der Waals surface area contributed by atoms with Gasteiger partial charge in [-0.2, -0.15) is 0 Å². The molecule has 2 N–H and O–H groups in total. The minimum absolute atomic E-state index is 0.294. The van der Waals surface area contributed by atoms with E-state index in [1.54, 1.807) is 0 Å². The summed E-state index contributed by atoms with van der Waals surface area (Å²) in [6.07, 6.45) is 3.43. The van der Waals surface area contributed by atoms with Crippen molar-refractivity contribution in [3.63, 3.8) is 0 Å². The topological polar surface area (TPSA) is 26.0 Å². The lowest BCUT2D eigenvalue weighted by Gasteiger charge is -2.32. The van der Waals surface area contributed by atoms with Crippen LogP contribution in [-0.2, 0) is 5.41 Å². The Morgan fingerprint density at radius 1 is 1.07 bits per heavy atom. The molecule has 0 bridgehead atoms. The molecule has 0 aliphatic rings. The number of hydrogen-bond acceptors (Lipinski definition) is 1. The van der Waals surface area contributed by atoms with E-state index in [9.17, 15) is 0 Å². The molecule has 0 saturated heterocycles. The minimum Gasteiger partial charge on any atom is -0.330 e. The van der Waals surface area contributed by atoms with E-state index < -0.39 is 0 Å². The Morgan fingerprint density at radius 3 is 2.00 bits per heavy atom. The smallest absolute Gasteiger partial charge is 0.00402 e. The molecule has 1 nitrogen and oxygen atoms in total. The van der Waals surface area contributed by atoms with Gasteiger partial charge in [-0.3, -0.25) is 0 Å². The van der Waals surface area contributed by atoms with E-state index in [0.29, 0.717) is 5.41 Å². The van der Waals surface area contributed by atoms with E-state index in [0.717, 1.165) is 13.0 Å². The molecule has 0 aliphatic heterocycles. The molecule has 0 radical (unpaired) electrons. The highest BCUT2D eigenvalue weighted by Crippen LogP contribution is 2.34. The zero-order valence-electron chi connectivity index (χ0n) is 10.2. The Balaban J connectivity index is 3.02. The van der Waals surface area contributed by atoms with Crippen LogP contribution in [0.3, 0.4) is 0 Å². The molecular weight excluding hydrogens is 182 g/mol. The van der Waals surface area contributed by atoms with Crippen LogP contribution in [0.1, 0.15) is 44.2 Å². The lowest BCUT2D eigenvalue weighted by molar-refractivity contribution is 0.371. The van der Waals surface area contributed by atoms with Gasteiger partial charge in [-0.1, -0.05) is 43.7 Å². The first-order valence-corrected chi connectivity index (χ1v) is 5.95. The predicted molar refractivity (Wildman–Crippen MR) is 67.1 cm³/mol. The zero-order valence-corrected chi connectivity index (χ0v) is 10.2. The summed E-state index contributed by atoms with van der Waals surface area (Å²) in [7, 11) is 0. The molecule has 0 saturated carbocycles. The number of aryl methyl sites for hydroxylation is 1. The minimum atomic E-state index is 0.294. The van der Waals surface area contributed by atoms with E-state index in [-0.39, 0.29) is 0 Å². The van der Waals surface area contributed by atoms with Crippen LogP contribution in [0.5, 0.6) is 0 Å². The van der Waals surface area contributed by atoms with Crippen molar-refractivity contribution in [3.05, 3.63) is 35.4 Å². The van der Waals surface area contributed by atoms with E-state index >= 15 is 0 Å². The van der Waals surface area contributed by atoms with Crippen molar-refractivity contribution in [2.75, 3.05) is 6.54 Å². The summed E-state index contributed by atoms with van der Waals surface area (Å²) in [6, 6.07) is 8.92. The van der Waals surface area contributed by atoms with Gasteiger partial charge in [-0.15, -0.1) is 0 Å². The highest BCUT2D eigenvalue weighted by atomic mass is 14.5. The highest BCUT2D eigenvalue weighted by Gasteiger charge is 2.26. The second kappa shape index (κ2) is 5.32. The maximum absolute atomic E-state index is 5.73. The number of benzene rings is 1. The summed E-state index contributed by atoms with van der Waals surface area (Å²) in [5.74, 6) is 0. The molecule has 15 heavy (non-hydrogen) atoms. The van der Waals surface area contributed by atoms with E-state index in [2.05, 4.69) is 45.0 Å². The highest BCUT2D eigenvalue weighted by molar-refractivity contribution is 5.28. The average Bonchev–Trinajstić information content (AvgIpc) is 2.27. The third-order valence-corrected chi connectivity index (χ3v) is 3.64.